The van der Waals surface area contributed by atoms with Crippen LogP contribution >= 0.6 is 0 Å². The molecule has 0 bridgehead atoms. The third kappa shape index (κ3) is 21.7. The first kappa shape index (κ1) is 44.1. The number of aliphatic hydroxyl groups excluding tert-OH is 3. The average Bonchev–Trinajstić information content (AvgIpc) is 3.07. The van der Waals surface area contributed by atoms with Crippen LogP contribution in [0.25, 0.3) is 0 Å². The summed E-state index contributed by atoms with van der Waals surface area (Å²) in [7, 11) is 0. The Morgan fingerprint density at radius 3 is 1.34 bits per heavy atom. The lowest BCUT2D eigenvalue weighted by Crippen LogP contribution is -2.67. The molecule has 280 valence electrons. The molecule has 0 unspecified atom stereocenters. The molecule has 1 rings (SSSR count). The lowest BCUT2D eigenvalue weighted by Gasteiger charge is -2.45. The maximum atomic E-state index is 13.3. The van der Waals surface area contributed by atoms with Crippen LogP contribution in [0.15, 0.2) is 0 Å². The van der Waals surface area contributed by atoms with Crippen LogP contribution in [0.3, 0.4) is 0 Å². The van der Waals surface area contributed by atoms with Gasteiger partial charge in [0.2, 0.25) is 0 Å². The third-order valence-electron chi connectivity index (χ3n) is 10.1. The average molecular weight is 670 g/mol. The topological polar surface area (TPSA) is 128 Å². The predicted molar refractivity (Wildman–Crippen MR) is 196 cm³/mol. The van der Waals surface area contributed by atoms with E-state index in [0.717, 1.165) is 32.1 Å². The van der Waals surface area contributed by atoms with Crippen molar-refractivity contribution in [2.75, 3.05) is 19.7 Å². The zero-order chi connectivity index (χ0) is 34.4. The second kappa shape index (κ2) is 31.1. The van der Waals surface area contributed by atoms with Gasteiger partial charge < -0.3 is 31.1 Å². The molecule has 0 aromatic carbocycles. The molecular weight excluding hydrogens is 590 g/mol. The van der Waals surface area contributed by atoms with E-state index < -0.39 is 37.2 Å². The molecule has 1 saturated heterocycles. The Labute approximate surface area is 290 Å². The van der Waals surface area contributed by atoms with Crippen LogP contribution in [0, 0.1) is 0 Å². The van der Waals surface area contributed by atoms with Crippen molar-refractivity contribution in [1.82, 2.24) is 10.2 Å². The molecule has 0 saturated carbocycles. The summed E-state index contributed by atoms with van der Waals surface area (Å²) in [6.45, 7) is 5.13. The minimum Gasteiger partial charge on any atom is -0.394 e. The van der Waals surface area contributed by atoms with Gasteiger partial charge >= 0.3 is 6.03 Å². The summed E-state index contributed by atoms with van der Waals surface area (Å²) in [5.41, 5.74) is 6.27. The molecule has 5 atom stereocenters. The quantitative estimate of drug-likeness (QED) is 0.0456. The zero-order valence-electron chi connectivity index (χ0n) is 31.0. The van der Waals surface area contributed by atoms with Gasteiger partial charge in [-0.1, -0.05) is 181 Å². The highest BCUT2D eigenvalue weighted by Crippen LogP contribution is 2.24. The van der Waals surface area contributed by atoms with E-state index in [1.165, 1.54) is 148 Å². The second-order valence-corrected chi connectivity index (χ2v) is 14.4. The number of carbonyl (C=O) groups is 1. The summed E-state index contributed by atoms with van der Waals surface area (Å²) in [6.07, 6.45) is 31.3. The van der Waals surface area contributed by atoms with Gasteiger partial charge in [-0.05, 0) is 12.8 Å². The molecule has 0 aromatic rings. The molecule has 47 heavy (non-hydrogen) atoms. The number of unbranched alkanes of at least 4 members (excludes halogenated alkanes) is 26. The number of nitrogens with zero attached hydrogens (tertiary/aromatic N) is 1. The molecule has 1 fully saturated rings. The van der Waals surface area contributed by atoms with Crippen molar-refractivity contribution in [3.05, 3.63) is 0 Å². The number of rotatable bonds is 32. The van der Waals surface area contributed by atoms with E-state index in [2.05, 4.69) is 19.2 Å². The number of amides is 2. The van der Waals surface area contributed by atoms with Crippen LogP contribution in [0.5, 0.6) is 0 Å². The van der Waals surface area contributed by atoms with Crippen LogP contribution in [0.4, 0.5) is 4.79 Å². The van der Waals surface area contributed by atoms with Gasteiger partial charge in [0, 0.05) is 13.1 Å². The third-order valence-corrected chi connectivity index (χ3v) is 10.1. The fourth-order valence-corrected chi connectivity index (χ4v) is 6.84. The van der Waals surface area contributed by atoms with Gasteiger partial charge in [0.05, 0.1) is 12.6 Å². The van der Waals surface area contributed by atoms with Gasteiger partial charge in [0.1, 0.15) is 18.3 Å². The number of carbonyl (C=O) groups excluding carboxylic acids is 1. The van der Waals surface area contributed by atoms with Crippen molar-refractivity contribution in [1.29, 1.82) is 0 Å². The van der Waals surface area contributed by atoms with Gasteiger partial charge in [-0.3, -0.25) is 4.90 Å². The maximum Gasteiger partial charge on any atom is 0.319 e. The first-order valence-corrected chi connectivity index (χ1v) is 20.4. The Morgan fingerprint density at radius 1 is 0.596 bits per heavy atom. The Morgan fingerprint density at radius 2 is 0.957 bits per heavy atom. The minimum atomic E-state index is -1.28. The van der Waals surface area contributed by atoms with Crippen molar-refractivity contribution < 1.29 is 24.9 Å². The number of aliphatic hydroxyl groups is 3. The van der Waals surface area contributed by atoms with Crippen molar-refractivity contribution in [3.63, 3.8) is 0 Å². The molecule has 8 heteroatoms. The molecular formula is C39H79N3O5. The highest BCUT2D eigenvalue weighted by Gasteiger charge is 2.45. The number of hydrogen-bond acceptors (Lipinski definition) is 6. The molecule has 0 spiro atoms. The Bertz CT molecular complexity index is 698. The summed E-state index contributed by atoms with van der Waals surface area (Å²) in [4.78, 5) is 14.9. The van der Waals surface area contributed by atoms with E-state index in [0.29, 0.717) is 13.1 Å². The number of urea groups is 1. The number of nitrogens with two attached hydrogens (primary N) is 1. The van der Waals surface area contributed by atoms with Crippen molar-refractivity contribution in [2.45, 2.75) is 224 Å². The van der Waals surface area contributed by atoms with E-state index in [9.17, 15) is 20.1 Å². The summed E-state index contributed by atoms with van der Waals surface area (Å²) in [6, 6.07) is -1.21. The van der Waals surface area contributed by atoms with Gasteiger partial charge in [0.15, 0.2) is 6.23 Å². The van der Waals surface area contributed by atoms with Gasteiger partial charge in [-0.25, -0.2) is 4.79 Å². The SMILES string of the molecule is CCCCCCCCCCCCCCCCCCN(C(=O)NCCCCCCCCCCCCCC)[C@@H]1O[C@H](CO)[C@H](O)[C@H](O)[C@@H]1N. The summed E-state index contributed by atoms with van der Waals surface area (Å²) in [5.74, 6) is 0. The molecule has 6 N–H and O–H groups in total. The number of ether oxygens (including phenoxy) is 1. The fourth-order valence-electron chi connectivity index (χ4n) is 6.84. The first-order valence-electron chi connectivity index (χ1n) is 20.4. The predicted octanol–water partition coefficient (Wildman–Crippen LogP) is 8.73. The standard InChI is InChI=1S/C39H79N3O5/c1-3-5-7-9-11-13-15-17-18-19-20-22-24-26-28-30-32-42(38-35(40)37(45)36(44)34(33-43)47-38)39(46)41-31-29-27-25-23-21-16-14-12-10-8-6-4-2/h34-38,43-45H,3-33,40H2,1-2H3,(H,41,46)/t34-,35+,36+,37-,38-/m1/s1. The largest absolute Gasteiger partial charge is 0.394 e. The number of hydrogen-bond donors (Lipinski definition) is 5. The highest BCUT2D eigenvalue weighted by molar-refractivity contribution is 5.74. The van der Waals surface area contributed by atoms with Gasteiger partial charge in [0.25, 0.3) is 0 Å². The summed E-state index contributed by atoms with van der Waals surface area (Å²) in [5, 5.41) is 33.6. The van der Waals surface area contributed by atoms with E-state index in [-0.39, 0.29) is 6.03 Å². The minimum absolute atomic E-state index is 0.255. The van der Waals surface area contributed by atoms with E-state index >= 15 is 0 Å². The van der Waals surface area contributed by atoms with Crippen LogP contribution in [-0.2, 0) is 4.74 Å². The van der Waals surface area contributed by atoms with Crippen LogP contribution in [-0.4, -0.2) is 76.5 Å². The summed E-state index contributed by atoms with van der Waals surface area (Å²) < 4.78 is 5.89. The van der Waals surface area contributed by atoms with Crippen LogP contribution in [0.1, 0.15) is 194 Å². The van der Waals surface area contributed by atoms with E-state index in [1.54, 1.807) is 4.90 Å². The fraction of sp³-hybridized carbons (Fsp3) is 0.974. The normalized spacial score (nSPS) is 21.3. The molecule has 0 aliphatic carbocycles. The Balaban J connectivity index is 2.30. The Kier molecular flexibility index (Phi) is 29.2. The van der Waals surface area contributed by atoms with Crippen LogP contribution in [0.2, 0.25) is 0 Å². The van der Waals surface area contributed by atoms with Crippen molar-refractivity contribution >= 4 is 6.03 Å². The molecule has 1 aliphatic heterocycles. The molecule has 8 nitrogen and oxygen atoms in total. The lowest BCUT2D eigenvalue weighted by molar-refractivity contribution is -0.218. The molecule has 1 aliphatic rings. The first-order chi connectivity index (χ1) is 23.0. The zero-order valence-corrected chi connectivity index (χ0v) is 31.0. The molecule has 0 aromatic heterocycles. The maximum absolute atomic E-state index is 13.3. The lowest BCUT2D eigenvalue weighted by atomic mass is 9.96. The van der Waals surface area contributed by atoms with Gasteiger partial charge in [-0.15, -0.1) is 0 Å². The second-order valence-electron chi connectivity index (χ2n) is 14.4. The molecule has 1 heterocycles. The van der Waals surface area contributed by atoms with E-state index in [4.69, 9.17) is 10.5 Å². The number of nitrogens with one attached hydrogen (secondary N) is 1. The van der Waals surface area contributed by atoms with Crippen molar-refractivity contribution in [2.24, 2.45) is 5.73 Å². The smallest absolute Gasteiger partial charge is 0.319 e. The van der Waals surface area contributed by atoms with E-state index in [1.807, 2.05) is 0 Å². The highest BCUT2D eigenvalue weighted by atomic mass is 16.5. The molecule has 0 radical (unpaired) electrons. The monoisotopic (exact) mass is 670 g/mol. The van der Waals surface area contributed by atoms with Crippen LogP contribution < -0.4 is 11.1 Å². The Hall–Kier alpha value is -0.930. The molecule has 2 amide bonds. The van der Waals surface area contributed by atoms with Crippen molar-refractivity contribution in [3.8, 4) is 0 Å². The van der Waals surface area contributed by atoms with Gasteiger partial charge in [-0.2, -0.15) is 0 Å². The summed E-state index contributed by atoms with van der Waals surface area (Å²) >= 11 is 0.